The van der Waals surface area contributed by atoms with Gasteiger partial charge in [-0.15, -0.1) is 0 Å². The van der Waals surface area contributed by atoms with Gasteiger partial charge >= 0.3 is 0 Å². The van der Waals surface area contributed by atoms with E-state index in [-0.39, 0.29) is 0 Å². The molecule has 0 amide bonds. The van der Waals surface area contributed by atoms with Crippen molar-refractivity contribution < 1.29 is 0 Å². The van der Waals surface area contributed by atoms with E-state index in [4.69, 9.17) is 4.98 Å². The Morgan fingerprint density at radius 1 is 1.44 bits per heavy atom. The summed E-state index contributed by atoms with van der Waals surface area (Å²) in [5.74, 6) is 2.91. The Labute approximate surface area is 108 Å². The second kappa shape index (κ2) is 4.39. The maximum absolute atomic E-state index is 4.73. The summed E-state index contributed by atoms with van der Waals surface area (Å²) in [6.07, 6.45) is 1.38. The number of rotatable bonds is 4. The fraction of sp³-hybridized carbons (Fsp3) is 0.533. The molecular weight excluding hydrogens is 222 g/mol. The third kappa shape index (κ3) is 2.03. The molecule has 1 heterocycles. The standard InChI is InChI=1S/C15H21N3/c1-10-8-12(10)9-16-11(2)15-17-13-6-4-5-7-14(13)18(15)3/h4-7,10-12,16H,8-9H2,1-3H3. The molecule has 0 saturated heterocycles. The highest BCUT2D eigenvalue weighted by Crippen LogP contribution is 2.37. The third-order valence-electron chi connectivity index (χ3n) is 4.17. The summed E-state index contributed by atoms with van der Waals surface area (Å²) in [6.45, 7) is 5.64. The number of aryl methyl sites for hydroxylation is 1. The van der Waals surface area contributed by atoms with Crippen LogP contribution in [0.3, 0.4) is 0 Å². The van der Waals surface area contributed by atoms with E-state index in [1.807, 2.05) is 6.07 Å². The van der Waals surface area contributed by atoms with Crippen molar-refractivity contribution >= 4 is 11.0 Å². The quantitative estimate of drug-likeness (QED) is 0.895. The summed E-state index contributed by atoms with van der Waals surface area (Å²) < 4.78 is 2.20. The van der Waals surface area contributed by atoms with Gasteiger partial charge in [-0.25, -0.2) is 4.98 Å². The Morgan fingerprint density at radius 2 is 2.17 bits per heavy atom. The van der Waals surface area contributed by atoms with Gasteiger partial charge in [0.15, 0.2) is 0 Å². The van der Waals surface area contributed by atoms with Crippen LogP contribution in [0.5, 0.6) is 0 Å². The lowest BCUT2D eigenvalue weighted by molar-refractivity contribution is 0.505. The lowest BCUT2D eigenvalue weighted by atomic mass is 10.2. The molecule has 0 aliphatic heterocycles. The molecule has 0 bridgehead atoms. The van der Waals surface area contributed by atoms with E-state index in [2.05, 4.69) is 49.0 Å². The lowest BCUT2D eigenvalue weighted by Crippen LogP contribution is -2.24. The van der Waals surface area contributed by atoms with Gasteiger partial charge in [-0.3, -0.25) is 0 Å². The monoisotopic (exact) mass is 243 g/mol. The Balaban J connectivity index is 1.78. The Kier molecular flexibility index (Phi) is 2.86. The van der Waals surface area contributed by atoms with E-state index in [0.29, 0.717) is 6.04 Å². The molecule has 1 saturated carbocycles. The van der Waals surface area contributed by atoms with Crippen molar-refractivity contribution in [2.45, 2.75) is 26.3 Å². The van der Waals surface area contributed by atoms with Gasteiger partial charge in [0.2, 0.25) is 0 Å². The molecule has 3 atom stereocenters. The normalized spacial score (nSPS) is 24.4. The predicted molar refractivity (Wildman–Crippen MR) is 74.4 cm³/mol. The zero-order chi connectivity index (χ0) is 12.7. The van der Waals surface area contributed by atoms with Gasteiger partial charge in [0.1, 0.15) is 5.82 Å². The maximum atomic E-state index is 4.73. The zero-order valence-electron chi connectivity index (χ0n) is 11.4. The van der Waals surface area contributed by atoms with Crippen molar-refractivity contribution in [2.24, 2.45) is 18.9 Å². The number of nitrogens with zero attached hydrogens (tertiary/aromatic N) is 2. The average Bonchev–Trinajstić information content (AvgIpc) is 2.98. The Hall–Kier alpha value is -1.35. The number of aromatic nitrogens is 2. The lowest BCUT2D eigenvalue weighted by Gasteiger charge is -2.13. The molecule has 0 spiro atoms. The Morgan fingerprint density at radius 3 is 2.83 bits per heavy atom. The van der Waals surface area contributed by atoms with E-state index < -0.39 is 0 Å². The van der Waals surface area contributed by atoms with Crippen molar-refractivity contribution in [2.75, 3.05) is 6.54 Å². The van der Waals surface area contributed by atoms with Crippen LogP contribution in [0, 0.1) is 11.8 Å². The van der Waals surface area contributed by atoms with E-state index in [1.165, 1.54) is 11.9 Å². The van der Waals surface area contributed by atoms with Crippen LogP contribution in [0.15, 0.2) is 24.3 Å². The van der Waals surface area contributed by atoms with E-state index >= 15 is 0 Å². The number of para-hydroxylation sites is 2. The summed E-state index contributed by atoms with van der Waals surface area (Å²) in [5, 5.41) is 3.61. The van der Waals surface area contributed by atoms with Crippen molar-refractivity contribution in [1.29, 1.82) is 0 Å². The SMILES string of the molecule is CC(NCC1CC1C)c1nc2ccccc2n1C. The summed E-state index contributed by atoms with van der Waals surface area (Å²) in [6, 6.07) is 8.63. The highest BCUT2D eigenvalue weighted by Gasteiger charge is 2.32. The van der Waals surface area contributed by atoms with E-state index in [1.54, 1.807) is 0 Å². The number of nitrogens with one attached hydrogen (secondary N) is 1. The van der Waals surface area contributed by atoms with E-state index in [0.717, 1.165) is 29.7 Å². The molecule has 3 rings (SSSR count). The summed E-state index contributed by atoms with van der Waals surface area (Å²) in [7, 11) is 2.10. The molecule has 1 N–H and O–H groups in total. The molecule has 3 unspecified atom stereocenters. The van der Waals surface area contributed by atoms with E-state index in [9.17, 15) is 0 Å². The molecule has 0 radical (unpaired) electrons. The molecular formula is C15H21N3. The molecule has 1 aromatic heterocycles. The largest absolute Gasteiger partial charge is 0.330 e. The first-order chi connectivity index (χ1) is 8.66. The second-order valence-corrected chi connectivity index (χ2v) is 5.62. The van der Waals surface area contributed by atoms with Gasteiger partial charge in [-0.2, -0.15) is 0 Å². The molecule has 3 heteroatoms. The third-order valence-corrected chi connectivity index (χ3v) is 4.17. The molecule has 3 nitrogen and oxygen atoms in total. The van der Waals surface area contributed by atoms with Crippen LogP contribution in [0.2, 0.25) is 0 Å². The molecule has 96 valence electrons. The number of hydrogen-bond acceptors (Lipinski definition) is 2. The van der Waals surface area contributed by atoms with Gasteiger partial charge in [-0.1, -0.05) is 19.1 Å². The first-order valence-corrected chi connectivity index (χ1v) is 6.81. The van der Waals surface area contributed by atoms with Gasteiger partial charge in [0.25, 0.3) is 0 Å². The van der Waals surface area contributed by atoms with Gasteiger partial charge in [0, 0.05) is 7.05 Å². The van der Waals surface area contributed by atoms with Crippen LogP contribution in [0.25, 0.3) is 11.0 Å². The van der Waals surface area contributed by atoms with Crippen molar-refractivity contribution in [1.82, 2.24) is 14.9 Å². The highest BCUT2D eigenvalue weighted by atomic mass is 15.1. The number of hydrogen-bond donors (Lipinski definition) is 1. The smallest absolute Gasteiger partial charge is 0.126 e. The Bertz CT molecular complexity index is 558. The predicted octanol–water partition coefficient (Wildman–Crippen LogP) is 2.88. The molecule has 18 heavy (non-hydrogen) atoms. The van der Waals surface area contributed by atoms with Gasteiger partial charge < -0.3 is 9.88 Å². The molecule has 1 aliphatic carbocycles. The van der Waals surface area contributed by atoms with Crippen LogP contribution >= 0.6 is 0 Å². The summed E-state index contributed by atoms with van der Waals surface area (Å²) in [5.41, 5.74) is 2.30. The molecule has 1 fully saturated rings. The average molecular weight is 243 g/mol. The molecule has 2 aromatic rings. The zero-order valence-corrected chi connectivity index (χ0v) is 11.4. The number of imidazole rings is 1. The molecule has 1 aliphatic rings. The van der Waals surface area contributed by atoms with Crippen LogP contribution < -0.4 is 5.32 Å². The minimum absolute atomic E-state index is 0.315. The fourth-order valence-electron chi connectivity index (χ4n) is 2.65. The minimum atomic E-state index is 0.315. The summed E-state index contributed by atoms with van der Waals surface area (Å²) in [4.78, 5) is 4.73. The van der Waals surface area contributed by atoms with Crippen LogP contribution in [-0.2, 0) is 7.05 Å². The van der Waals surface area contributed by atoms with Crippen molar-refractivity contribution in [3.63, 3.8) is 0 Å². The fourth-order valence-corrected chi connectivity index (χ4v) is 2.65. The van der Waals surface area contributed by atoms with Gasteiger partial charge in [0.05, 0.1) is 17.1 Å². The van der Waals surface area contributed by atoms with Crippen molar-refractivity contribution in [3.05, 3.63) is 30.1 Å². The highest BCUT2D eigenvalue weighted by molar-refractivity contribution is 5.75. The first kappa shape index (κ1) is 11.7. The first-order valence-electron chi connectivity index (χ1n) is 6.81. The van der Waals surface area contributed by atoms with Crippen molar-refractivity contribution in [3.8, 4) is 0 Å². The number of benzene rings is 1. The van der Waals surface area contributed by atoms with Crippen LogP contribution in [-0.4, -0.2) is 16.1 Å². The second-order valence-electron chi connectivity index (χ2n) is 5.62. The summed E-state index contributed by atoms with van der Waals surface area (Å²) >= 11 is 0. The maximum Gasteiger partial charge on any atom is 0.126 e. The minimum Gasteiger partial charge on any atom is -0.330 e. The van der Waals surface area contributed by atoms with Crippen LogP contribution in [0.1, 0.15) is 32.1 Å². The van der Waals surface area contributed by atoms with Crippen LogP contribution in [0.4, 0.5) is 0 Å². The topological polar surface area (TPSA) is 29.9 Å². The van der Waals surface area contributed by atoms with Gasteiger partial charge in [-0.05, 0) is 43.9 Å². The number of fused-ring (bicyclic) bond motifs is 1. The molecule has 1 aromatic carbocycles.